The Morgan fingerprint density at radius 3 is 2.31 bits per heavy atom. The topological polar surface area (TPSA) is 84.9 Å². The summed E-state index contributed by atoms with van der Waals surface area (Å²) in [5.74, 6) is -2.86. The number of nitrogens with one attached hydrogen (secondary N) is 1. The molecule has 1 spiro atoms. The number of rotatable bonds is 6. The molecule has 0 bridgehead atoms. The van der Waals surface area contributed by atoms with Gasteiger partial charge >= 0.3 is 17.8 Å². The van der Waals surface area contributed by atoms with Crippen molar-refractivity contribution in [3.05, 3.63) is 77.9 Å². The van der Waals surface area contributed by atoms with Gasteiger partial charge in [0.15, 0.2) is 5.78 Å². The molecule has 2 heterocycles. The molecule has 0 aromatic heterocycles. The van der Waals surface area contributed by atoms with Crippen molar-refractivity contribution >= 4 is 23.4 Å². The summed E-state index contributed by atoms with van der Waals surface area (Å²) in [7, 11) is 0. The Labute approximate surface area is 187 Å². The first kappa shape index (κ1) is 21.8. The monoisotopic (exact) mass is 434 g/mol. The number of hydrogen-bond acceptors (Lipinski definition) is 7. The Hall–Kier alpha value is -3.45. The van der Waals surface area contributed by atoms with Crippen LogP contribution in [0.15, 0.2) is 66.7 Å². The number of carbonyl (C=O) groups excluding carboxylic acids is 3. The zero-order valence-corrected chi connectivity index (χ0v) is 18.0. The smallest absolute Gasteiger partial charge is 0.344 e. The van der Waals surface area contributed by atoms with Gasteiger partial charge in [0.2, 0.25) is 0 Å². The molecule has 2 aromatic carbocycles. The van der Waals surface area contributed by atoms with Crippen molar-refractivity contribution in [3.63, 3.8) is 0 Å². The first-order valence-electron chi connectivity index (χ1n) is 10.8. The van der Waals surface area contributed by atoms with Crippen molar-refractivity contribution in [2.45, 2.75) is 38.1 Å². The number of carbonyl (C=O) groups is 3. The fraction of sp³-hybridized carbons (Fsp3) is 0.320. The van der Waals surface area contributed by atoms with Crippen molar-refractivity contribution in [1.29, 1.82) is 0 Å². The lowest BCUT2D eigenvalue weighted by atomic mass is 9.99. The minimum Gasteiger partial charge on any atom is -0.400 e. The fourth-order valence-electron chi connectivity index (χ4n) is 4.15. The summed E-state index contributed by atoms with van der Waals surface area (Å²) < 4.78 is 11.4. The first-order chi connectivity index (χ1) is 15.4. The molecule has 2 aliphatic rings. The zero-order chi connectivity index (χ0) is 22.6. The van der Waals surface area contributed by atoms with Crippen LogP contribution in [0.5, 0.6) is 0 Å². The van der Waals surface area contributed by atoms with Gasteiger partial charge in [-0.1, -0.05) is 30.3 Å². The number of ketones is 1. The Kier molecular flexibility index (Phi) is 6.37. The van der Waals surface area contributed by atoms with Crippen LogP contribution >= 0.6 is 0 Å². The van der Waals surface area contributed by atoms with Crippen molar-refractivity contribution in [2.24, 2.45) is 0 Å². The molecular weight excluding hydrogens is 408 g/mol. The van der Waals surface area contributed by atoms with Crippen LogP contribution in [0.4, 0.5) is 5.69 Å². The molecular formula is C25H26N2O5. The third-order valence-electron chi connectivity index (χ3n) is 5.77. The lowest BCUT2D eigenvalue weighted by Gasteiger charge is -2.47. The number of Topliss-reactive ketones (excluding diaryl/α,β-unsaturated/α-hetero) is 1. The standard InChI is InChI=1S/C25H26N2O5/c1-18(28)20-7-9-22(10-8-20)27-16-14-21(26-15-13-19-5-3-2-4-6-19)17-25(27)31-23(29)11-12-24(30)32-25/h2-12,21,26H,13-17H2,1H3. The number of ether oxygens (including phenoxy) is 2. The molecule has 0 radical (unpaired) electrons. The Bertz CT molecular complexity index is 996. The predicted octanol–water partition coefficient (Wildman–Crippen LogP) is 3.00. The number of piperidine rings is 1. The maximum Gasteiger partial charge on any atom is 0.344 e. The van der Waals surface area contributed by atoms with E-state index in [1.54, 1.807) is 29.2 Å². The van der Waals surface area contributed by atoms with Crippen LogP contribution in [0.3, 0.4) is 0 Å². The molecule has 7 heteroatoms. The van der Waals surface area contributed by atoms with Crippen molar-refractivity contribution in [3.8, 4) is 0 Å². The zero-order valence-electron chi connectivity index (χ0n) is 18.0. The maximum atomic E-state index is 12.3. The molecule has 1 fully saturated rings. The quantitative estimate of drug-likeness (QED) is 0.553. The molecule has 166 valence electrons. The fourth-order valence-corrected chi connectivity index (χ4v) is 4.15. The highest BCUT2D eigenvalue weighted by Crippen LogP contribution is 2.37. The summed E-state index contributed by atoms with van der Waals surface area (Å²) in [5.41, 5.74) is 2.52. The number of nitrogens with zero attached hydrogens (tertiary/aromatic N) is 1. The van der Waals surface area contributed by atoms with E-state index in [0.29, 0.717) is 17.8 Å². The SMILES string of the molecule is CC(=O)c1ccc(N2CCC(NCCc3ccccc3)CC23OC(=O)C=CC(=O)O3)cc1. The lowest BCUT2D eigenvalue weighted by Crippen LogP contribution is -2.62. The van der Waals surface area contributed by atoms with Gasteiger partial charge in [-0.15, -0.1) is 0 Å². The molecule has 0 aliphatic carbocycles. The van der Waals surface area contributed by atoms with Gasteiger partial charge in [-0.3, -0.25) is 4.79 Å². The van der Waals surface area contributed by atoms with Gasteiger partial charge in [-0.05, 0) is 56.1 Å². The van der Waals surface area contributed by atoms with Gasteiger partial charge in [-0.25, -0.2) is 9.59 Å². The van der Waals surface area contributed by atoms with E-state index >= 15 is 0 Å². The van der Waals surface area contributed by atoms with Gasteiger partial charge in [0.05, 0.1) is 6.42 Å². The van der Waals surface area contributed by atoms with Gasteiger partial charge in [0, 0.05) is 36.0 Å². The average Bonchev–Trinajstić information content (AvgIpc) is 2.92. The van der Waals surface area contributed by atoms with E-state index in [4.69, 9.17) is 9.47 Å². The first-order valence-corrected chi connectivity index (χ1v) is 10.8. The highest BCUT2D eigenvalue weighted by Gasteiger charge is 2.50. The average molecular weight is 434 g/mol. The van der Waals surface area contributed by atoms with E-state index in [0.717, 1.165) is 31.5 Å². The van der Waals surface area contributed by atoms with Crippen molar-refractivity contribution in [1.82, 2.24) is 5.32 Å². The summed E-state index contributed by atoms with van der Waals surface area (Å²) in [4.78, 5) is 38.0. The van der Waals surface area contributed by atoms with Crippen LogP contribution in [-0.4, -0.2) is 42.8 Å². The Morgan fingerprint density at radius 2 is 1.69 bits per heavy atom. The lowest BCUT2D eigenvalue weighted by molar-refractivity contribution is -0.228. The molecule has 0 saturated carbocycles. The molecule has 4 rings (SSSR count). The number of hydrogen-bond donors (Lipinski definition) is 1. The molecule has 2 aromatic rings. The van der Waals surface area contributed by atoms with Crippen LogP contribution in [-0.2, 0) is 25.5 Å². The Morgan fingerprint density at radius 1 is 1.03 bits per heavy atom. The summed E-state index contributed by atoms with van der Waals surface area (Å²) in [6.45, 7) is 2.75. The van der Waals surface area contributed by atoms with Crippen LogP contribution in [0, 0.1) is 0 Å². The van der Waals surface area contributed by atoms with Gasteiger partial charge in [-0.2, -0.15) is 0 Å². The predicted molar refractivity (Wildman–Crippen MR) is 119 cm³/mol. The minimum atomic E-state index is -1.56. The second-order valence-electron chi connectivity index (χ2n) is 8.02. The number of benzene rings is 2. The molecule has 2 aliphatic heterocycles. The van der Waals surface area contributed by atoms with Crippen molar-refractivity contribution < 1.29 is 23.9 Å². The summed E-state index contributed by atoms with van der Waals surface area (Å²) >= 11 is 0. The molecule has 0 amide bonds. The highest BCUT2D eigenvalue weighted by molar-refractivity contribution is 5.95. The van der Waals surface area contributed by atoms with Crippen LogP contribution in [0.1, 0.15) is 35.7 Å². The maximum absolute atomic E-state index is 12.3. The van der Waals surface area contributed by atoms with E-state index < -0.39 is 17.8 Å². The van der Waals surface area contributed by atoms with E-state index in [2.05, 4.69) is 17.4 Å². The summed E-state index contributed by atoms with van der Waals surface area (Å²) in [5, 5.41) is 3.51. The summed E-state index contributed by atoms with van der Waals surface area (Å²) in [6, 6.07) is 17.2. The van der Waals surface area contributed by atoms with Crippen LogP contribution in [0.2, 0.25) is 0 Å². The largest absolute Gasteiger partial charge is 0.400 e. The van der Waals surface area contributed by atoms with Crippen LogP contribution in [0.25, 0.3) is 0 Å². The Balaban J connectivity index is 1.54. The summed E-state index contributed by atoms with van der Waals surface area (Å²) in [6.07, 6.45) is 4.09. The number of anilines is 1. The third-order valence-corrected chi connectivity index (χ3v) is 5.77. The van der Waals surface area contributed by atoms with E-state index in [9.17, 15) is 14.4 Å². The van der Waals surface area contributed by atoms with Gasteiger partial charge < -0.3 is 19.7 Å². The van der Waals surface area contributed by atoms with E-state index in [1.807, 2.05) is 18.2 Å². The molecule has 1 saturated heterocycles. The molecule has 1 N–H and O–H groups in total. The third kappa shape index (κ3) is 4.89. The van der Waals surface area contributed by atoms with Crippen LogP contribution < -0.4 is 10.2 Å². The van der Waals surface area contributed by atoms with Gasteiger partial charge in [0.1, 0.15) is 0 Å². The van der Waals surface area contributed by atoms with E-state index in [-0.39, 0.29) is 18.2 Å². The van der Waals surface area contributed by atoms with Gasteiger partial charge in [0.25, 0.3) is 0 Å². The normalized spacial score (nSPS) is 19.9. The van der Waals surface area contributed by atoms with Crippen molar-refractivity contribution in [2.75, 3.05) is 18.0 Å². The molecule has 1 unspecified atom stereocenters. The second-order valence-corrected chi connectivity index (χ2v) is 8.02. The van der Waals surface area contributed by atoms with E-state index in [1.165, 1.54) is 12.5 Å². The minimum absolute atomic E-state index is 0.00912. The molecule has 7 nitrogen and oxygen atoms in total. The molecule has 1 atom stereocenters. The molecule has 32 heavy (non-hydrogen) atoms. The number of esters is 2. The highest BCUT2D eigenvalue weighted by atomic mass is 16.8. The second kappa shape index (κ2) is 9.36.